The summed E-state index contributed by atoms with van der Waals surface area (Å²) in [4.78, 5) is 35.4. The predicted molar refractivity (Wildman–Crippen MR) is 142 cm³/mol. The molecule has 6 heterocycles. The molecule has 3 aliphatic heterocycles. The van der Waals surface area contributed by atoms with E-state index in [1.807, 2.05) is 37.8 Å². The van der Waals surface area contributed by atoms with Crippen molar-refractivity contribution in [2.45, 2.75) is 51.7 Å². The van der Waals surface area contributed by atoms with Crippen molar-refractivity contribution in [3.8, 4) is 17.1 Å². The lowest BCUT2D eigenvalue weighted by Crippen LogP contribution is -2.43. The summed E-state index contributed by atoms with van der Waals surface area (Å²) < 4.78 is 17.2. The van der Waals surface area contributed by atoms with Gasteiger partial charge in [-0.3, -0.25) is 9.97 Å². The first kappa shape index (κ1) is 24.8. The van der Waals surface area contributed by atoms with Gasteiger partial charge in [0.2, 0.25) is 0 Å². The molecule has 0 aromatic carbocycles. The van der Waals surface area contributed by atoms with Crippen LogP contribution in [0.1, 0.15) is 40.0 Å². The molecule has 6 rings (SSSR count). The van der Waals surface area contributed by atoms with Gasteiger partial charge >= 0.3 is 6.09 Å². The van der Waals surface area contributed by atoms with Gasteiger partial charge in [0.1, 0.15) is 17.5 Å². The Morgan fingerprint density at radius 2 is 1.76 bits per heavy atom. The molecule has 0 N–H and O–H groups in total. The van der Waals surface area contributed by atoms with E-state index in [-0.39, 0.29) is 17.6 Å². The van der Waals surface area contributed by atoms with Crippen molar-refractivity contribution in [1.29, 1.82) is 0 Å². The van der Waals surface area contributed by atoms with E-state index in [0.717, 1.165) is 67.7 Å². The Hall–Kier alpha value is -3.53. The highest BCUT2D eigenvalue weighted by atomic mass is 16.6. The van der Waals surface area contributed by atoms with Crippen LogP contribution in [0.4, 0.5) is 10.6 Å². The molecule has 0 aliphatic carbocycles. The van der Waals surface area contributed by atoms with Crippen LogP contribution in [0.25, 0.3) is 22.3 Å². The minimum atomic E-state index is -0.489. The second-order valence-electron chi connectivity index (χ2n) is 11.6. The SMILES string of the molecule is CC(C)(C)OC(=O)N1CCC2(CCN(c3nc(-c4ccncc4)nc4cncc(OC5COC5)c34)CC2)C1. The fourth-order valence-electron chi connectivity index (χ4n) is 5.46. The molecule has 3 fully saturated rings. The van der Waals surface area contributed by atoms with E-state index >= 15 is 0 Å². The van der Waals surface area contributed by atoms with E-state index < -0.39 is 5.60 Å². The Labute approximate surface area is 222 Å². The van der Waals surface area contributed by atoms with E-state index in [1.165, 1.54) is 0 Å². The number of piperidine rings is 1. The molecule has 3 saturated heterocycles. The van der Waals surface area contributed by atoms with Crippen LogP contribution in [0.3, 0.4) is 0 Å². The first-order valence-electron chi connectivity index (χ1n) is 13.3. The lowest BCUT2D eigenvalue weighted by atomic mass is 9.78. The number of fused-ring (bicyclic) bond motifs is 1. The number of anilines is 1. The van der Waals surface area contributed by atoms with Crippen molar-refractivity contribution in [1.82, 2.24) is 24.8 Å². The minimum absolute atomic E-state index is 0.0112. The van der Waals surface area contributed by atoms with Crippen molar-refractivity contribution in [2.75, 3.05) is 44.3 Å². The topological polar surface area (TPSA) is 103 Å². The van der Waals surface area contributed by atoms with E-state index in [4.69, 9.17) is 24.2 Å². The molecule has 1 spiro atoms. The second-order valence-corrected chi connectivity index (χ2v) is 11.6. The van der Waals surface area contributed by atoms with Crippen molar-refractivity contribution >= 4 is 22.8 Å². The Morgan fingerprint density at radius 1 is 1.03 bits per heavy atom. The monoisotopic (exact) mass is 518 g/mol. The molecule has 0 bridgehead atoms. The lowest BCUT2D eigenvalue weighted by Gasteiger charge is -2.40. The van der Waals surface area contributed by atoms with Gasteiger partial charge in [0, 0.05) is 44.1 Å². The van der Waals surface area contributed by atoms with E-state index in [0.29, 0.717) is 24.8 Å². The fraction of sp³-hybridized carbons (Fsp3) is 0.536. The maximum absolute atomic E-state index is 12.7. The summed E-state index contributed by atoms with van der Waals surface area (Å²) in [7, 11) is 0. The molecule has 0 atom stereocenters. The zero-order valence-electron chi connectivity index (χ0n) is 22.2. The van der Waals surface area contributed by atoms with Gasteiger partial charge in [0.25, 0.3) is 0 Å². The number of carbonyl (C=O) groups is 1. The van der Waals surface area contributed by atoms with Gasteiger partial charge in [0.15, 0.2) is 11.6 Å². The molecular weight excluding hydrogens is 484 g/mol. The normalized spacial score (nSPS) is 19.6. The highest BCUT2D eigenvalue weighted by Crippen LogP contribution is 2.43. The zero-order chi connectivity index (χ0) is 26.3. The maximum Gasteiger partial charge on any atom is 0.410 e. The van der Waals surface area contributed by atoms with Crippen molar-refractivity contribution in [2.24, 2.45) is 5.41 Å². The van der Waals surface area contributed by atoms with Crippen LogP contribution in [-0.4, -0.2) is 82.0 Å². The third kappa shape index (κ3) is 4.97. The van der Waals surface area contributed by atoms with Crippen LogP contribution in [0.5, 0.6) is 5.75 Å². The van der Waals surface area contributed by atoms with Gasteiger partial charge in [-0.25, -0.2) is 14.8 Å². The van der Waals surface area contributed by atoms with Crippen LogP contribution in [-0.2, 0) is 9.47 Å². The zero-order valence-corrected chi connectivity index (χ0v) is 22.2. The molecule has 10 nitrogen and oxygen atoms in total. The number of hydrogen-bond donors (Lipinski definition) is 0. The number of hydrogen-bond acceptors (Lipinski definition) is 9. The Bertz CT molecular complexity index is 1320. The number of ether oxygens (including phenoxy) is 3. The molecule has 0 saturated carbocycles. The molecule has 38 heavy (non-hydrogen) atoms. The molecule has 0 radical (unpaired) electrons. The first-order chi connectivity index (χ1) is 18.3. The van der Waals surface area contributed by atoms with Gasteiger partial charge in [-0.15, -0.1) is 0 Å². The number of carbonyl (C=O) groups excluding carboxylic acids is 1. The number of rotatable bonds is 4. The molecule has 10 heteroatoms. The summed E-state index contributed by atoms with van der Waals surface area (Å²) in [6.45, 7) is 10.0. The van der Waals surface area contributed by atoms with Crippen LogP contribution < -0.4 is 9.64 Å². The smallest absolute Gasteiger partial charge is 0.410 e. The van der Waals surface area contributed by atoms with Gasteiger partial charge in [-0.2, -0.15) is 0 Å². The summed E-state index contributed by atoms with van der Waals surface area (Å²) in [6, 6.07) is 3.83. The van der Waals surface area contributed by atoms with Crippen molar-refractivity contribution in [3.05, 3.63) is 36.9 Å². The summed E-state index contributed by atoms with van der Waals surface area (Å²) >= 11 is 0. The van der Waals surface area contributed by atoms with Crippen molar-refractivity contribution in [3.63, 3.8) is 0 Å². The number of likely N-dealkylation sites (tertiary alicyclic amines) is 1. The van der Waals surface area contributed by atoms with Crippen molar-refractivity contribution < 1.29 is 19.0 Å². The number of nitrogens with zero attached hydrogens (tertiary/aromatic N) is 6. The van der Waals surface area contributed by atoms with Gasteiger partial charge in [-0.05, 0) is 57.6 Å². The van der Waals surface area contributed by atoms with E-state index in [9.17, 15) is 4.79 Å². The molecule has 3 aromatic heterocycles. The number of aromatic nitrogens is 4. The summed E-state index contributed by atoms with van der Waals surface area (Å²) in [5.74, 6) is 2.18. The van der Waals surface area contributed by atoms with Crippen LogP contribution in [0, 0.1) is 5.41 Å². The average molecular weight is 519 g/mol. The number of pyridine rings is 2. The van der Waals surface area contributed by atoms with Gasteiger partial charge in [0.05, 0.1) is 36.5 Å². The Balaban J connectivity index is 1.28. The lowest BCUT2D eigenvalue weighted by molar-refractivity contribution is -0.0792. The fourth-order valence-corrected chi connectivity index (χ4v) is 5.46. The quantitative estimate of drug-likeness (QED) is 0.505. The van der Waals surface area contributed by atoms with Crippen LogP contribution in [0.2, 0.25) is 0 Å². The van der Waals surface area contributed by atoms with Crippen LogP contribution in [0.15, 0.2) is 36.9 Å². The average Bonchev–Trinajstić information content (AvgIpc) is 3.29. The molecule has 3 aromatic rings. The number of amides is 1. The highest BCUT2D eigenvalue weighted by molar-refractivity contribution is 5.95. The second kappa shape index (κ2) is 9.65. The highest BCUT2D eigenvalue weighted by Gasteiger charge is 2.43. The summed E-state index contributed by atoms with van der Waals surface area (Å²) in [6.07, 6.45) is 9.76. The van der Waals surface area contributed by atoms with Gasteiger partial charge < -0.3 is 24.0 Å². The predicted octanol–water partition coefficient (Wildman–Crippen LogP) is 4.09. The van der Waals surface area contributed by atoms with E-state index in [2.05, 4.69) is 14.9 Å². The minimum Gasteiger partial charge on any atom is -0.483 e. The molecule has 3 aliphatic rings. The molecule has 0 unspecified atom stereocenters. The first-order valence-corrected chi connectivity index (χ1v) is 13.3. The van der Waals surface area contributed by atoms with Gasteiger partial charge in [-0.1, -0.05) is 0 Å². The summed E-state index contributed by atoms with van der Waals surface area (Å²) in [5, 5.41) is 0.877. The maximum atomic E-state index is 12.7. The molecule has 1 amide bonds. The van der Waals surface area contributed by atoms with E-state index in [1.54, 1.807) is 24.8 Å². The standard InChI is InChI=1S/C28H34N6O4/c1-27(2,3)38-26(35)34-13-8-28(18-34)6-11-33(12-7-28)25-23-21(14-30-15-22(23)37-20-16-36-17-20)31-24(32-25)19-4-9-29-10-5-19/h4-5,9-10,14-15,20H,6-8,11-13,16-18H2,1-3H3. The third-order valence-electron chi connectivity index (χ3n) is 7.61. The third-order valence-corrected chi connectivity index (χ3v) is 7.61. The molecule has 200 valence electrons. The van der Waals surface area contributed by atoms with Crippen LogP contribution >= 0.6 is 0 Å². The Morgan fingerprint density at radius 3 is 2.45 bits per heavy atom. The largest absolute Gasteiger partial charge is 0.483 e. The summed E-state index contributed by atoms with van der Waals surface area (Å²) in [5.41, 5.74) is 1.27. The Kier molecular flexibility index (Phi) is 6.29. The molecular formula is C28H34N6O4.